The number of rotatable bonds is 12. The lowest BCUT2D eigenvalue weighted by Crippen LogP contribution is -2.58. The van der Waals surface area contributed by atoms with Gasteiger partial charge in [-0.2, -0.15) is 0 Å². The number of benzene rings is 4. The number of esters is 2. The second-order valence-electron chi connectivity index (χ2n) is 10.2. The number of hydrogen-bond donors (Lipinski definition) is 0. The molecule has 5 atom stereocenters. The SMILES string of the molecule is CC1O[C@@H](OP(=O)(OCc2ccccc2)OCc2ccccc2)C(F)C(OC(=O)c2ccccc2)[C@@H]1OC(=O)c1ccccc1. The van der Waals surface area contributed by atoms with Crippen LogP contribution in [0.2, 0.25) is 0 Å². The van der Waals surface area contributed by atoms with Crippen LogP contribution in [0.5, 0.6) is 0 Å². The minimum atomic E-state index is -4.51. The molecule has 45 heavy (non-hydrogen) atoms. The first-order chi connectivity index (χ1) is 21.8. The maximum absolute atomic E-state index is 16.4. The van der Waals surface area contributed by atoms with Crippen molar-refractivity contribution in [1.29, 1.82) is 0 Å². The molecule has 0 aromatic heterocycles. The molecule has 0 N–H and O–H groups in total. The molecular formula is C34H32FO9P. The molecule has 0 aliphatic carbocycles. The predicted molar refractivity (Wildman–Crippen MR) is 162 cm³/mol. The van der Waals surface area contributed by atoms with Gasteiger partial charge in [0.25, 0.3) is 0 Å². The third-order valence-electron chi connectivity index (χ3n) is 6.91. The minimum Gasteiger partial charge on any atom is -0.452 e. The summed E-state index contributed by atoms with van der Waals surface area (Å²) in [6, 6.07) is 33.8. The Hall–Kier alpha value is -4.18. The summed E-state index contributed by atoms with van der Waals surface area (Å²) < 4.78 is 64.2. The highest BCUT2D eigenvalue weighted by molar-refractivity contribution is 7.48. The largest absolute Gasteiger partial charge is 0.477 e. The van der Waals surface area contributed by atoms with Crippen LogP contribution in [0.4, 0.5) is 4.39 Å². The van der Waals surface area contributed by atoms with Gasteiger partial charge in [0.1, 0.15) is 0 Å². The Bertz CT molecular complexity index is 1530. The maximum Gasteiger partial charge on any atom is 0.477 e. The van der Waals surface area contributed by atoms with Gasteiger partial charge in [-0.15, -0.1) is 0 Å². The zero-order valence-corrected chi connectivity index (χ0v) is 25.2. The van der Waals surface area contributed by atoms with Crippen molar-refractivity contribution in [3.8, 4) is 0 Å². The Kier molecular flexibility index (Phi) is 10.9. The van der Waals surface area contributed by atoms with Crippen molar-refractivity contribution in [2.45, 2.75) is 50.9 Å². The molecule has 4 aromatic carbocycles. The zero-order valence-electron chi connectivity index (χ0n) is 24.3. The van der Waals surface area contributed by atoms with Gasteiger partial charge >= 0.3 is 19.8 Å². The number of carbonyl (C=O) groups excluding carboxylic acids is 2. The monoisotopic (exact) mass is 634 g/mol. The number of hydrogen-bond acceptors (Lipinski definition) is 9. The van der Waals surface area contributed by atoms with Gasteiger partial charge in [-0.25, -0.2) is 18.5 Å². The van der Waals surface area contributed by atoms with Gasteiger partial charge in [-0.3, -0.25) is 13.6 Å². The smallest absolute Gasteiger partial charge is 0.452 e. The molecule has 11 heteroatoms. The van der Waals surface area contributed by atoms with Crippen molar-refractivity contribution in [3.63, 3.8) is 0 Å². The van der Waals surface area contributed by atoms with Crippen LogP contribution < -0.4 is 0 Å². The highest BCUT2D eigenvalue weighted by Crippen LogP contribution is 2.53. The predicted octanol–water partition coefficient (Wildman–Crippen LogP) is 7.08. The molecule has 9 nitrogen and oxygen atoms in total. The van der Waals surface area contributed by atoms with E-state index >= 15 is 4.39 Å². The van der Waals surface area contributed by atoms with Gasteiger partial charge in [-0.05, 0) is 42.3 Å². The summed E-state index contributed by atoms with van der Waals surface area (Å²) in [5.41, 5.74) is 1.70. The standard InChI is InChI=1S/C34H32FO9P/c1-24-30(42-32(36)27-18-10-4-11-19-27)31(43-33(37)28-20-12-5-13-21-28)29(35)34(41-24)44-45(38,39-22-25-14-6-2-7-15-25)40-23-26-16-8-3-9-17-26/h2-21,24,29-31,34H,22-23H2,1H3/t24?,29?,30-,31?,34+/m1/s1. The number of ether oxygens (including phenoxy) is 3. The van der Waals surface area contributed by atoms with Crippen LogP contribution >= 0.6 is 7.82 Å². The first-order valence-electron chi connectivity index (χ1n) is 14.3. The fourth-order valence-corrected chi connectivity index (χ4v) is 5.79. The van der Waals surface area contributed by atoms with E-state index in [4.69, 9.17) is 27.8 Å². The summed E-state index contributed by atoms with van der Waals surface area (Å²) in [6.45, 7) is 1.15. The number of carbonyl (C=O) groups is 2. The summed E-state index contributed by atoms with van der Waals surface area (Å²) >= 11 is 0. The number of halogens is 1. The molecule has 1 aliphatic heterocycles. The topological polar surface area (TPSA) is 107 Å². The average Bonchev–Trinajstić information content (AvgIpc) is 3.08. The summed E-state index contributed by atoms with van der Waals surface area (Å²) in [6.07, 6.45) is -8.29. The minimum absolute atomic E-state index is 0.150. The normalized spacial score (nSPS) is 21.5. The number of phosphoric ester groups is 1. The third-order valence-corrected chi connectivity index (χ3v) is 8.27. The van der Waals surface area contributed by atoms with E-state index < -0.39 is 50.5 Å². The molecule has 0 radical (unpaired) electrons. The van der Waals surface area contributed by atoms with Crippen molar-refractivity contribution in [3.05, 3.63) is 144 Å². The average molecular weight is 635 g/mol. The van der Waals surface area contributed by atoms with Crippen molar-refractivity contribution in [2.75, 3.05) is 0 Å². The summed E-state index contributed by atoms with van der Waals surface area (Å²) in [4.78, 5) is 26.0. The fraction of sp³-hybridized carbons (Fsp3) is 0.235. The molecule has 1 fully saturated rings. The quantitative estimate of drug-likeness (QED) is 0.119. The van der Waals surface area contributed by atoms with Crippen LogP contribution in [-0.4, -0.2) is 42.7 Å². The third kappa shape index (κ3) is 8.72. The molecule has 5 rings (SSSR count). The molecule has 1 aliphatic rings. The van der Waals surface area contributed by atoms with Crippen LogP contribution in [0.3, 0.4) is 0 Å². The molecule has 0 amide bonds. The van der Waals surface area contributed by atoms with E-state index in [0.717, 1.165) is 0 Å². The molecular weight excluding hydrogens is 602 g/mol. The van der Waals surface area contributed by atoms with Crippen molar-refractivity contribution >= 4 is 19.8 Å². The van der Waals surface area contributed by atoms with Crippen molar-refractivity contribution in [2.24, 2.45) is 0 Å². The van der Waals surface area contributed by atoms with Gasteiger partial charge in [0.2, 0.25) is 6.29 Å². The first kappa shape index (κ1) is 32.2. The van der Waals surface area contributed by atoms with Crippen LogP contribution in [0.25, 0.3) is 0 Å². The zero-order chi connectivity index (χ0) is 31.6. The van der Waals surface area contributed by atoms with E-state index in [9.17, 15) is 14.2 Å². The molecule has 0 spiro atoms. The van der Waals surface area contributed by atoms with Gasteiger partial charge in [0.05, 0.1) is 30.4 Å². The second-order valence-corrected chi connectivity index (χ2v) is 11.8. The van der Waals surface area contributed by atoms with E-state index in [1.807, 2.05) is 12.1 Å². The first-order valence-corrected chi connectivity index (χ1v) is 15.7. The van der Waals surface area contributed by atoms with Gasteiger partial charge in [0.15, 0.2) is 18.4 Å². The molecule has 3 unspecified atom stereocenters. The Morgan fingerprint density at radius 3 is 1.51 bits per heavy atom. The Morgan fingerprint density at radius 1 is 0.667 bits per heavy atom. The summed E-state index contributed by atoms with van der Waals surface area (Å²) in [7, 11) is -4.51. The number of alkyl halides is 1. The summed E-state index contributed by atoms with van der Waals surface area (Å²) in [5, 5.41) is 0. The molecule has 1 saturated heterocycles. The van der Waals surface area contributed by atoms with E-state index in [0.29, 0.717) is 11.1 Å². The molecule has 1 heterocycles. The summed E-state index contributed by atoms with van der Waals surface area (Å²) in [5.74, 6) is -1.63. The van der Waals surface area contributed by atoms with Crippen LogP contribution in [0, 0.1) is 0 Å². The lowest BCUT2D eigenvalue weighted by atomic mass is 10.00. The van der Waals surface area contributed by atoms with E-state index in [-0.39, 0.29) is 24.3 Å². The molecule has 234 valence electrons. The Balaban J connectivity index is 1.39. The van der Waals surface area contributed by atoms with Crippen LogP contribution in [-0.2, 0) is 45.6 Å². The van der Waals surface area contributed by atoms with E-state index in [1.165, 1.54) is 31.2 Å². The molecule has 4 aromatic rings. The fourth-order valence-electron chi connectivity index (χ4n) is 4.56. The van der Waals surface area contributed by atoms with Crippen LogP contribution in [0.1, 0.15) is 38.8 Å². The van der Waals surface area contributed by atoms with E-state index in [1.54, 1.807) is 84.9 Å². The Morgan fingerprint density at radius 2 is 1.07 bits per heavy atom. The van der Waals surface area contributed by atoms with Gasteiger partial charge in [0, 0.05) is 0 Å². The van der Waals surface area contributed by atoms with Crippen molar-refractivity contribution < 1.29 is 46.3 Å². The number of phosphoric acid groups is 1. The lowest BCUT2D eigenvalue weighted by Gasteiger charge is -2.41. The second kappa shape index (κ2) is 15.2. The Labute approximate surface area is 260 Å². The highest BCUT2D eigenvalue weighted by Gasteiger charge is 2.52. The molecule has 0 saturated carbocycles. The van der Waals surface area contributed by atoms with Gasteiger partial charge < -0.3 is 14.2 Å². The lowest BCUT2D eigenvalue weighted by molar-refractivity contribution is -0.255. The highest BCUT2D eigenvalue weighted by atomic mass is 31.2. The molecule has 0 bridgehead atoms. The van der Waals surface area contributed by atoms with E-state index in [2.05, 4.69) is 0 Å². The van der Waals surface area contributed by atoms with Gasteiger partial charge in [-0.1, -0.05) is 97.1 Å². The maximum atomic E-state index is 16.4. The van der Waals surface area contributed by atoms with Crippen LogP contribution in [0.15, 0.2) is 121 Å². The van der Waals surface area contributed by atoms with Crippen molar-refractivity contribution in [1.82, 2.24) is 0 Å².